The predicted molar refractivity (Wildman–Crippen MR) is 64.6 cm³/mol. The zero-order valence-corrected chi connectivity index (χ0v) is 10.8. The van der Waals surface area contributed by atoms with Gasteiger partial charge in [0, 0.05) is 3.92 Å². The van der Waals surface area contributed by atoms with E-state index in [4.69, 9.17) is 0 Å². The van der Waals surface area contributed by atoms with Gasteiger partial charge >= 0.3 is 6.09 Å². The van der Waals surface area contributed by atoms with E-state index < -0.39 is 0 Å². The summed E-state index contributed by atoms with van der Waals surface area (Å²) in [5, 5.41) is 2.88. The molecule has 1 rings (SSSR count). The average molecular weight is 309 g/mol. The second kappa shape index (κ2) is 5.00. The number of alkyl carbamates (subject to hydrolysis) is 1. The summed E-state index contributed by atoms with van der Waals surface area (Å²) in [6, 6.07) is 0.169. The molecule has 1 N–H and O–H groups in total. The van der Waals surface area contributed by atoms with E-state index in [0.29, 0.717) is 15.8 Å². The lowest BCUT2D eigenvalue weighted by atomic mass is 9.86. The van der Waals surface area contributed by atoms with Crippen molar-refractivity contribution in [2.24, 2.45) is 11.8 Å². The monoisotopic (exact) mass is 309 g/mol. The average Bonchev–Trinajstić information content (AvgIpc) is 2.18. The zero-order valence-electron chi connectivity index (χ0n) is 8.66. The van der Waals surface area contributed by atoms with Crippen molar-refractivity contribution < 1.29 is 9.53 Å². The molecule has 0 bridgehead atoms. The van der Waals surface area contributed by atoms with Crippen LogP contribution in [-0.4, -0.2) is 23.2 Å². The van der Waals surface area contributed by atoms with Crippen molar-refractivity contribution in [1.29, 1.82) is 0 Å². The molecule has 1 aliphatic rings. The van der Waals surface area contributed by atoms with Crippen molar-refractivity contribution in [2.45, 2.75) is 23.8 Å². The number of rotatable bonds is 1. The standard InChI is InChI=1S/C10H16INO2/c1-6-4-5-7(2)9(8(6)11)12-10(13)14-3/h4-9H,1-3H3,(H,12,13). The zero-order chi connectivity index (χ0) is 10.7. The minimum atomic E-state index is -0.342. The van der Waals surface area contributed by atoms with Gasteiger partial charge in [-0.05, 0) is 11.8 Å². The van der Waals surface area contributed by atoms with Crippen LogP contribution in [0.5, 0.6) is 0 Å². The fourth-order valence-corrected chi connectivity index (χ4v) is 2.67. The van der Waals surface area contributed by atoms with Crippen LogP contribution in [0.25, 0.3) is 0 Å². The van der Waals surface area contributed by atoms with Crippen LogP contribution in [0.3, 0.4) is 0 Å². The summed E-state index contributed by atoms with van der Waals surface area (Å²) in [6.07, 6.45) is 4.02. The molecule has 14 heavy (non-hydrogen) atoms. The predicted octanol–water partition coefficient (Wildman–Crippen LogP) is 2.36. The smallest absolute Gasteiger partial charge is 0.407 e. The minimum absolute atomic E-state index is 0.169. The number of ether oxygens (including phenoxy) is 1. The Morgan fingerprint density at radius 3 is 2.50 bits per heavy atom. The maximum absolute atomic E-state index is 11.1. The number of carbonyl (C=O) groups is 1. The fourth-order valence-electron chi connectivity index (χ4n) is 1.60. The Hall–Kier alpha value is -0.260. The number of alkyl halides is 1. The third-order valence-corrected chi connectivity index (χ3v) is 4.51. The number of allylic oxidation sites excluding steroid dienone is 1. The summed E-state index contributed by atoms with van der Waals surface area (Å²) in [5.41, 5.74) is 0. The molecule has 1 aliphatic carbocycles. The lowest BCUT2D eigenvalue weighted by molar-refractivity contribution is 0.162. The fraction of sp³-hybridized carbons (Fsp3) is 0.700. The third-order valence-electron chi connectivity index (χ3n) is 2.60. The Kier molecular flexibility index (Phi) is 4.22. The Morgan fingerprint density at radius 2 is 1.93 bits per heavy atom. The van der Waals surface area contributed by atoms with Gasteiger partial charge in [0.05, 0.1) is 13.2 Å². The van der Waals surface area contributed by atoms with Gasteiger partial charge in [-0.25, -0.2) is 4.79 Å². The molecule has 0 saturated heterocycles. The van der Waals surface area contributed by atoms with Crippen molar-refractivity contribution in [1.82, 2.24) is 5.32 Å². The SMILES string of the molecule is COC(=O)NC1C(C)C=CC(C)C1I. The van der Waals surface area contributed by atoms with Gasteiger partial charge in [0.1, 0.15) is 0 Å². The first kappa shape index (κ1) is 11.8. The topological polar surface area (TPSA) is 38.3 Å². The van der Waals surface area contributed by atoms with E-state index in [2.05, 4.69) is 58.6 Å². The van der Waals surface area contributed by atoms with Crippen LogP contribution < -0.4 is 5.32 Å². The summed E-state index contributed by atoms with van der Waals surface area (Å²) in [6.45, 7) is 4.26. The van der Waals surface area contributed by atoms with E-state index >= 15 is 0 Å². The molecule has 80 valence electrons. The molecule has 0 aromatic heterocycles. The van der Waals surface area contributed by atoms with Crippen molar-refractivity contribution in [2.75, 3.05) is 7.11 Å². The Balaban J connectivity index is 2.66. The van der Waals surface area contributed by atoms with Gasteiger partial charge in [0.25, 0.3) is 0 Å². The molecule has 0 fully saturated rings. The molecule has 4 atom stereocenters. The maximum atomic E-state index is 11.1. The molecule has 0 saturated carbocycles. The van der Waals surface area contributed by atoms with Crippen LogP contribution in [-0.2, 0) is 4.74 Å². The summed E-state index contributed by atoms with van der Waals surface area (Å²) >= 11 is 2.39. The van der Waals surface area contributed by atoms with Crippen LogP contribution >= 0.6 is 22.6 Å². The van der Waals surface area contributed by atoms with E-state index in [1.54, 1.807) is 0 Å². The lowest BCUT2D eigenvalue weighted by Gasteiger charge is -2.33. The van der Waals surface area contributed by atoms with Crippen molar-refractivity contribution in [3.05, 3.63) is 12.2 Å². The van der Waals surface area contributed by atoms with Gasteiger partial charge in [-0.15, -0.1) is 0 Å². The first-order chi connectivity index (χ1) is 6.56. The Labute approximate surface area is 98.4 Å². The van der Waals surface area contributed by atoms with E-state index in [0.717, 1.165) is 0 Å². The molecule has 3 nitrogen and oxygen atoms in total. The molecule has 4 unspecified atom stereocenters. The largest absolute Gasteiger partial charge is 0.453 e. The summed E-state index contributed by atoms with van der Waals surface area (Å²) in [4.78, 5) is 11.1. The van der Waals surface area contributed by atoms with Crippen LogP contribution in [0.1, 0.15) is 13.8 Å². The lowest BCUT2D eigenvalue weighted by Crippen LogP contribution is -2.48. The molecule has 4 heteroatoms. The molecule has 0 aliphatic heterocycles. The van der Waals surface area contributed by atoms with Crippen molar-refractivity contribution >= 4 is 28.7 Å². The Bertz CT molecular complexity index is 242. The van der Waals surface area contributed by atoms with Crippen molar-refractivity contribution in [3.8, 4) is 0 Å². The number of methoxy groups -OCH3 is 1. The van der Waals surface area contributed by atoms with Crippen LogP contribution in [0.4, 0.5) is 4.79 Å². The molecular weight excluding hydrogens is 293 g/mol. The number of halogens is 1. The van der Waals surface area contributed by atoms with Crippen molar-refractivity contribution in [3.63, 3.8) is 0 Å². The van der Waals surface area contributed by atoms with E-state index in [-0.39, 0.29) is 12.1 Å². The highest BCUT2D eigenvalue weighted by Crippen LogP contribution is 2.28. The van der Waals surface area contributed by atoms with E-state index in [9.17, 15) is 4.79 Å². The normalized spacial score (nSPS) is 36.6. The highest BCUT2D eigenvalue weighted by Gasteiger charge is 2.31. The van der Waals surface area contributed by atoms with Gasteiger partial charge in [-0.3, -0.25) is 0 Å². The molecular formula is C10H16INO2. The van der Waals surface area contributed by atoms with E-state index in [1.165, 1.54) is 7.11 Å². The number of hydrogen-bond donors (Lipinski definition) is 1. The minimum Gasteiger partial charge on any atom is -0.453 e. The second-order valence-corrected chi connectivity index (χ2v) is 5.15. The Morgan fingerprint density at radius 1 is 1.36 bits per heavy atom. The highest BCUT2D eigenvalue weighted by atomic mass is 127. The third kappa shape index (κ3) is 2.62. The number of amides is 1. The maximum Gasteiger partial charge on any atom is 0.407 e. The summed E-state index contributed by atoms with van der Waals surface area (Å²) in [7, 11) is 1.39. The number of hydrogen-bond acceptors (Lipinski definition) is 2. The highest BCUT2D eigenvalue weighted by molar-refractivity contribution is 14.1. The molecule has 0 spiro atoms. The molecule has 0 radical (unpaired) electrons. The first-order valence-corrected chi connectivity index (χ1v) is 5.97. The van der Waals surface area contributed by atoms with Gasteiger partial charge in [-0.1, -0.05) is 48.6 Å². The quantitative estimate of drug-likeness (QED) is 0.459. The number of nitrogens with one attached hydrogen (secondary N) is 1. The molecule has 0 aromatic carbocycles. The van der Waals surface area contributed by atoms with Crippen LogP contribution in [0.2, 0.25) is 0 Å². The van der Waals surface area contributed by atoms with Crippen LogP contribution in [0, 0.1) is 11.8 Å². The molecule has 1 amide bonds. The summed E-state index contributed by atoms with van der Waals surface area (Å²) < 4.78 is 5.03. The number of carbonyl (C=O) groups excluding carboxylic acids is 1. The summed E-state index contributed by atoms with van der Waals surface area (Å²) in [5.74, 6) is 0.862. The van der Waals surface area contributed by atoms with Gasteiger partial charge in [0.2, 0.25) is 0 Å². The second-order valence-electron chi connectivity index (χ2n) is 3.71. The molecule has 0 aromatic rings. The van der Waals surface area contributed by atoms with E-state index in [1.807, 2.05) is 0 Å². The molecule has 0 heterocycles. The van der Waals surface area contributed by atoms with Gasteiger partial charge < -0.3 is 10.1 Å². The van der Waals surface area contributed by atoms with Gasteiger partial charge in [-0.2, -0.15) is 0 Å². The first-order valence-electron chi connectivity index (χ1n) is 4.73. The van der Waals surface area contributed by atoms with Gasteiger partial charge in [0.15, 0.2) is 0 Å². The van der Waals surface area contributed by atoms with Crippen LogP contribution in [0.15, 0.2) is 12.2 Å².